The van der Waals surface area contributed by atoms with Crippen molar-refractivity contribution in [2.75, 3.05) is 0 Å². The van der Waals surface area contributed by atoms with Gasteiger partial charge in [-0.1, -0.05) is 43.9 Å². The molecule has 2 aromatic rings. The first kappa shape index (κ1) is 21.9. The summed E-state index contributed by atoms with van der Waals surface area (Å²) in [4.78, 5) is 12.2. The van der Waals surface area contributed by atoms with Crippen LogP contribution in [-0.4, -0.2) is 5.97 Å². The van der Waals surface area contributed by atoms with E-state index in [4.69, 9.17) is 4.74 Å². The summed E-state index contributed by atoms with van der Waals surface area (Å²) in [5.74, 6) is -3.61. The van der Waals surface area contributed by atoms with Crippen molar-refractivity contribution < 1.29 is 22.7 Å². The molecule has 0 aliphatic heterocycles. The highest BCUT2D eigenvalue weighted by molar-refractivity contribution is 5.92. The number of allylic oxidation sites excluding steroid dienone is 4. The molecule has 0 atom stereocenters. The Kier molecular flexibility index (Phi) is 7.50. The van der Waals surface area contributed by atoms with Gasteiger partial charge in [-0.05, 0) is 73.2 Å². The maximum absolute atomic E-state index is 14.6. The van der Waals surface area contributed by atoms with Crippen LogP contribution in [0.4, 0.5) is 13.2 Å². The van der Waals surface area contributed by atoms with Gasteiger partial charge >= 0.3 is 5.97 Å². The Bertz CT molecular complexity index is 936. The van der Waals surface area contributed by atoms with Crippen molar-refractivity contribution >= 4 is 11.5 Å². The van der Waals surface area contributed by atoms with Gasteiger partial charge in [0.15, 0.2) is 0 Å². The van der Waals surface area contributed by atoms with Crippen LogP contribution in [0.3, 0.4) is 0 Å². The van der Waals surface area contributed by atoms with Gasteiger partial charge in [0.05, 0.1) is 0 Å². The van der Waals surface area contributed by atoms with E-state index in [9.17, 15) is 18.0 Å². The number of carbonyl (C=O) groups is 1. The van der Waals surface area contributed by atoms with Crippen molar-refractivity contribution in [3.8, 4) is 5.75 Å². The lowest BCUT2D eigenvalue weighted by Crippen LogP contribution is -2.14. The highest BCUT2D eigenvalue weighted by Crippen LogP contribution is 2.31. The van der Waals surface area contributed by atoms with E-state index in [2.05, 4.69) is 6.92 Å². The molecule has 0 spiro atoms. The number of ether oxygens (including phenoxy) is 1. The average Bonchev–Trinajstić information content (AvgIpc) is 2.73. The summed E-state index contributed by atoms with van der Waals surface area (Å²) in [6.45, 7) is 2.18. The number of hydrogen-bond donors (Lipinski definition) is 0. The molecule has 0 heterocycles. The number of benzene rings is 2. The number of unbranched alkanes of at least 4 members (excludes halogenated alkanes) is 3. The van der Waals surface area contributed by atoms with Gasteiger partial charge in [0.25, 0.3) is 0 Å². The van der Waals surface area contributed by atoms with Crippen LogP contribution in [0, 0.1) is 17.5 Å². The maximum Gasteiger partial charge on any atom is 0.349 e. The van der Waals surface area contributed by atoms with Gasteiger partial charge in [0.2, 0.25) is 0 Å². The van der Waals surface area contributed by atoms with Crippen LogP contribution >= 0.6 is 0 Å². The Labute approximate surface area is 175 Å². The van der Waals surface area contributed by atoms with E-state index < -0.39 is 29.0 Å². The van der Waals surface area contributed by atoms with E-state index in [-0.39, 0.29) is 5.75 Å². The van der Waals surface area contributed by atoms with Crippen LogP contribution in [0.2, 0.25) is 0 Å². The van der Waals surface area contributed by atoms with Crippen molar-refractivity contribution in [1.29, 1.82) is 0 Å². The molecule has 0 amide bonds. The van der Waals surface area contributed by atoms with Crippen molar-refractivity contribution in [1.82, 2.24) is 0 Å². The molecule has 0 fully saturated rings. The minimum Gasteiger partial charge on any atom is -0.423 e. The molecule has 0 aromatic heterocycles. The highest BCUT2D eigenvalue weighted by atomic mass is 19.1. The van der Waals surface area contributed by atoms with E-state index in [1.807, 2.05) is 12.2 Å². The predicted molar refractivity (Wildman–Crippen MR) is 112 cm³/mol. The Morgan fingerprint density at radius 2 is 1.63 bits per heavy atom. The fraction of sp³-hybridized carbons (Fsp3) is 0.320. The number of rotatable bonds is 8. The molecule has 1 aliphatic rings. The molecule has 0 saturated heterocycles. The first-order chi connectivity index (χ1) is 14.5. The molecule has 3 rings (SSSR count). The molecular weight excluding hydrogens is 389 g/mol. The maximum atomic E-state index is 14.6. The van der Waals surface area contributed by atoms with Crippen molar-refractivity contribution in [3.05, 3.63) is 82.7 Å². The summed E-state index contributed by atoms with van der Waals surface area (Å²) in [6.07, 6.45) is 11.4. The lowest BCUT2D eigenvalue weighted by atomic mass is 9.90. The van der Waals surface area contributed by atoms with Gasteiger partial charge in [0, 0.05) is 0 Å². The molecule has 0 radical (unpaired) electrons. The SMILES string of the molecule is CCCCCCC1=CC=C(c2cc(F)c(C(=O)Oc3ccc(F)cc3)c(F)c2)CC1. The van der Waals surface area contributed by atoms with Gasteiger partial charge in [0.1, 0.15) is 28.8 Å². The molecule has 1 aliphatic carbocycles. The molecule has 2 aromatic carbocycles. The third kappa shape index (κ3) is 5.62. The van der Waals surface area contributed by atoms with Crippen molar-refractivity contribution in [2.45, 2.75) is 51.9 Å². The van der Waals surface area contributed by atoms with Crippen molar-refractivity contribution in [3.63, 3.8) is 0 Å². The summed E-state index contributed by atoms with van der Waals surface area (Å²) in [6, 6.07) is 6.96. The van der Waals surface area contributed by atoms with Crippen LogP contribution in [0.15, 0.2) is 54.1 Å². The van der Waals surface area contributed by atoms with E-state index in [1.54, 1.807) is 0 Å². The Hall–Kier alpha value is -2.82. The smallest absolute Gasteiger partial charge is 0.349 e. The molecule has 158 valence electrons. The molecule has 30 heavy (non-hydrogen) atoms. The van der Waals surface area contributed by atoms with Gasteiger partial charge in [-0.2, -0.15) is 0 Å². The first-order valence-electron chi connectivity index (χ1n) is 10.3. The van der Waals surface area contributed by atoms with Gasteiger partial charge in [-0.25, -0.2) is 18.0 Å². The lowest BCUT2D eigenvalue weighted by Gasteiger charge is -2.16. The molecule has 0 saturated carbocycles. The van der Waals surface area contributed by atoms with Gasteiger partial charge < -0.3 is 4.74 Å². The lowest BCUT2D eigenvalue weighted by molar-refractivity contribution is 0.0724. The Morgan fingerprint density at radius 1 is 0.933 bits per heavy atom. The van der Waals surface area contributed by atoms with Crippen LogP contribution in [0.5, 0.6) is 5.75 Å². The zero-order valence-corrected chi connectivity index (χ0v) is 17.0. The molecule has 0 bridgehead atoms. The number of hydrogen-bond acceptors (Lipinski definition) is 2. The first-order valence-corrected chi connectivity index (χ1v) is 10.3. The molecular formula is C25H25F3O2. The zero-order chi connectivity index (χ0) is 21.5. The molecule has 0 unspecified atom stereocenters. The van der Waals surface area contributed by atoms with Gasteiger partial charge in [-0.3, -0.25) is 0 Å². The minimum atomic E-state index is -1.16. The Morgan fingerprint density at radius 3 is 2.23 bits per heavy atom. The van der Waals surface area contributed by atoms with E-state index in [0.29, 0.717) is 12.0 Å². The normalized spacial score (nSPS) is 13.6. The fourth-order valence-corrected chi connectivity index (χ4v) is 3.52. The zero-order valence-electron chi connectivity index (χ0n) is 17.0. The van der Waals surface area contributed by atoms with Crippen LogP contribution in [-0.2, 0) is 0 Å². The average molecular weight is 414 g/mol. The van der Waals surface area contributed by atoms with Crippen molar-refractivity contribution in [2.24, 2.45) is 0 Å². The third-order valence-electron chi connectivity index (χ3n) is 5.23. The monoisotopic (exact) mass is 414 g/mol. The van der Waals surface area contributed by atoms with Gasteiger partial charge in [-0.15, -0.1) is 0 Å². The molecule has 5 heteroatoms. The van der Waals surface area contributed by atoms with E-state index in [0.717, 1.165) is 49.1 Å². The highest BCUT2D eigenvalue weighted by Gasteiger charge is 2.22. The summed E-state index contributed by atoms with van der Waals surface area (Å²) in [7, 11) is 0. The second kappa shape index (κ2) is 10.3. The summed E-state index contributed by atoms with van der Waals surface area (Å²) in [5, 5.41) is 0. The fourth-order valence-electron chi connectivity index (χ4n) is 3.52. The topological polar surface area (TPSA) is 26.3 Å². The summed E-state index contributed by atoms with van der Waals surface area (Å²) in [5.41, 5.74) is 1.86. The summed E-state index contributed by atoms with van der Waals surface area (Å²) >= 11 is 0. The van der Waals surface area contributed by atoms with Crippen LogP contribution in [0.25, 0.3) is 5.57 Å². The van der Waals surface area contributed by atoms with E-state index >= 15 is 0 Å². The second-order valence-corrected chi connectivity index (χ2v) is 7.49. The largest absolute Gasteiger partial charge is 0.423 e. The predicted octanol–water partition coefficient (Wildman–Crippen LogP) is 7.40. The molecule has 2 nitrogen and oxygen atoms in total. The third-order valence-corrected chi connectivity index (χ3v) is 5.23. The standard InChI is InChI=1S/C25H25F3O2/c1-2-3-4-5-6-17-7-9-18(10-8-17)19-15-22(27)24(23(28)16-19)25(29)30-21-13-11-20(26)12-14-21/h7,9,11-16H,2-6,8,10H2,1H3. The van der Waals surface area contributed by atoms with Crippen LogP contribution < -0.4 is 4.74 Å². The minimum absolute atomic E-state index is 0.0101. The summed E-state index contributed by atoms with van der Waals surface area (Å²) < 4.78 is 47.0. The second-order valence-electron chi connectivity index (χ2n) is 7.49. The number of carbonyl (C=O) groups excluding carboxylic acids is 1. The Balaban J connectivity index is 1.71. The number of halogens is 3. The van der Waals surface area contributed by atoms with E-state index in [1.165, 1.54) is 37.0 Å². The molecule has 0 N–H and O–H groups in total. The quantitative estimate of drug-likeness (QED) is 0.256. The number of esters is 1. The van der Waals surface area contributed by atoms with Crippen LogP contribution in [0.1, 0.15) is 67.8 Å².